The monoisotopic (exact) mass is 244 g/mol. The number of nitrogens with zero attached hydrogens (tertiary/aromatic N) is 1. The zero-order valence-electron chi connectivity index (χ0n) is 11.7. The molecule has 4 heteroatoms. The molecule has 1 aliphatic heterocycles. The predicted molar refractivity (Wildman–Crippen MR) is 70.4 cm³/mol. The molecule has 2 unspecified atom stereocenters. The van der Waals surface area contributed by atoms with Crippen molar-refractivity contribution in [2.24, 2.45) is 5.92 Å². The summed E-state index contributed by atoms with van der Waals surface area (Å²) in [5.74, 6) is 0.695. The van der Waals surface area contributed by atoms with Crippen molar-refractivity contribution in [2.45, 2.75) is 32.9 Å². The number of rotatable bonds is 7. The Morgan fingerprint density at radius 3 is 2.76 bits per heavy atom. The number of ether oxygens (including phenoxy) is 2. The second-order valence-corrected chi connectivity index (χ2v) is 5.32. The third kappa shape index (κ3) is 5.34. The molecule has 2 atom stereocenters. The Labute approximate surface area is 106 Å². The van der Waals surface area contributed by atoms with E-state index in [1.165, 1.54) is 0 Å². The first-order chi connectivity index (χ1) is 8.15. The number of hydrogen-bond acceptors (Lipinski definition) is 4. The van der Waals surface area contributed by atoms with Gasteiger partial charge in [0.15, 0.2) is 0 Å². The fourth-order valence-electron chi connectivity index (χ4n) is 2.29. The molecular formula is C13H28N2O2. The Balaban J connectivity index is 2.39. The lowest BCUT2D eigenvalue weighted by molar-refractivity contribution is -0.0373. The summed E-state index contributed by atoms with van der Waals surface area (Å²) in [7, 11) is 1.78. The lowest BCUT2D eigenvalue weighted by Crippen LogP contribution is -2.54. The summed E-state index contributed by atoms with van der Waals surface area (Å²) in [6.45, 7) is 12.2. The molecule has 0 aromatic carbocycles. The van der Waals surface area contributed by atoms with Crippen molar-refractivity contribution in [3.63, 3.8) is 0 Å². The maximum atomic E-state index is 5.48. The van der Waals surface area contributed by atoms with E-state index >= 15 is 0 Å². The van der Waals surface area contributed by atoms with Gasteiger partial charge in [-0.25, -0.2) is 0 Å². The van der Waals surface area contributed by atoms with Gasteiger partial charge in [-0.1, -0.05) is 13.8 Å². The molecule has 0 amide bonds. The summed E-state index contributed by atoms with van der Waals surface area (Å²) in [5.41, 5.74) is 0. The Morgan fingerprint density at radius 1 is 1.41 bits per heavy atom. The van der Waals surface area contributed by atoms with E-state index in [4.69, 9.17) is 9.47 Å². The molecule has 1 aliphatic rings. The van der Waals surface area contributed by atoms with E-state index < -0.39 is 0 Å². The molecule has 1 saturated heterocycles. The van der Waals surface area contributed by atoms with Crippen LogP contribution in [0, 0.1) is 5.92 Å². The van der Waals surface area contributed by atoms with Crippen LogP contribution in [0.2, 0.25) is 0 Å². The van der Waals surface area contributed by atoms with Crippen molar-refractivity contribution in [3.8, 4) is 0 Å². The predicted octanol–water partition coefficient (Wildman–Crippen LogP) is 0.968. The smallest absolute Gasteiger partial charge is 0.0630 e. The van der Waals surface area contributed by atoms with Gasteiger partial charge >= 0.3 is 0 Å². The van der Waals surface area contributed by atoms with Gasteiger partial charge in [0.25, 0.3) is 0 Å². The SMILES string of the molecule is COCC(CNCC(C)C)N1CCOCC1C. The van der Waals surface area contributed by atoms with Gasteiger partial charge in [0.05, 0.1) is 19.8 Å². The maximum Gasteiger partial charge on any atom is 0.0630 e. The molecule has 0 aromatic heterocycles. The molecule has 4 nitrogen and oxygen atoms in total. The maximum absolute atomic E-state index is 5.48. The summed E-state index contributed by atoms with van der Waals surface area (Å²) in [5, 5.41) is 3.53. The van der Waals surface area contributed by atoms with Crippen molar-refractivity contribution in [1.29, 1.82) is 0 Å². The minimum atomic E-state index is 0.456. The van der Waals surface area contributed by atoms with Crippen molar-refractivity contribution >= 4 is 0 Å². The van der Waals surface area contributed by atoms with E-state index in [-0.39, 0.29) is 0 Å². The van der Waals surface area contributed by atoms with Crippen LogP contribution in [0.15, 0.2) is 0 Å². The summed E-state index contributed by atoms with van der Waals surface area (Å²) < 4.78 is 10.8. The Kier molecular flexibility index (Phi) is 7.04. The second-order valence-electron chi connectivity index (χ2n) is 5.32. The van der Waals surface area contributed by atoms with Gasteiger partial charge in [-0.15, -0.1) is 0 Å². The van der Waals surface area contributed by atoms with Crippen LogP contribution >= 0.6 is 0 Å². The Hall–Kier alpha value is -0.160. The highest BCUT2D eigenvalue weighted by molar-refractivity contribution is 4.81. The van der Waals surface area contributed by atoms with Crippen LogP contribution in [0.3, 0.4) is 0 Å². The van der Waals surface area contributed by atoms with Crippen LogP contribution in [-0.4, -0.2) is 63.5 Å². The first-order valence-corrected chi connectivity index (χ1v) is 6.68. The second kappa shape index (κ2) is 8.03. The quantitative estimate of drug-likeness (QED) is 0.723. The molecule has 0 spiro atoms. The summed E-state index contributed by atoms with van der Waals surface area (Å²) >= 11 is 0. The van der Waals surface area contributed by atoms with E-state index in [9.17, 15) is 0 Å². The minimum absolute atomic E-state index is 0.456. The van der Waals surface area contributed by atoms with Crippen molar-refractivity contribution in [1.82, 2.24) is 10.2 Å². The highest BCUT2D eigenvalue weighted by Crippen LogP contribution is 2.11. The first-order valence-electron chi connectivity index (χ1n) is 6.68. The molecule has 0 saturated carbocycles. The topological polar surface area (TPSA) is 33.7 Å². The van der Waals surface area contributed by atoms with E-state index in [2.05, 4.69) is 31.0 Å². The summed E-state index contributed by atoms with van der Waals surface area (Å²) in [6.07, 6.45) is 0. The minimum Gasteiger partial charge on any atom is -0.383 e. The lowest BCUT2D eigenvalue weighted by atomic mass is 10.1. The van der Waals surface area contributed by atoms with Crippen LogP contribution < -0.4 is 5.32 Å². The highest BCUT2D eigenvalue weighted by atomic mass is 16.5. The molecule has 102 valence electrons. The van der Waals surface area contributed by atoms with Gasteiger partial charge in [0.2, 0.25) is 0 Å². The molecule has 0 aromatic rings. The average Bonchev–Trinajstić information content (AvgIpc) is 2.28. The van der Waals surface area contributed by atoms with Gasteiger partial charge in [0.1, 0.15) is 0 Å². The summed E-state index contributed by atoms with van der Waals surface area (Å²) in [4.78, 5) is 2.50. The third-order valence-electron chi connectivity index (χ3n) is 3.18. The van der Waals surface area contributed by atoms with Crippen LogP contribution in [0.25, 0.3) is 0 Å². The zero-order valence-corrected chi connectivity index (χ0v) is 11.7. The van der Waals surface area contributed by atoms with E-state index in [0.717, 1.165) is 39.5 Å². The normalized spacial score (nSPS) is 24.2. The Bertz CT molecular complexity index is 200. The standard InChI is InChI=1S/C13H28N2O2/c1-11(2)7-14-8-13(10-16-4)15-5-6-17-9-12(15)3/h11-14H,5-10H2,1-4H3. The number of hydrogen-bond donors (Lipinski definition) is 1. The van der Waals surface area contributed by atoms with Crippen LogP contribution in [-0.2, 0) is 9.47 Å². The molecule has 1 rings (SSSR count). The van der Waals surface area contributed by atoms with Crippen LogP contribution in [0.1, 0.15) is 20.8 Å². The third-order valence-corrected chi connectivity index (χ3v) is 3.18. The lowest BCUT2D eigenvalue weighted by Gasteiger charge is -2.39. The van der Waals surface area contributed by atoms with Crippen molar-refractivity contribution in [3.05, 3.63) is 0 Å². The summed E-state index contributed by atoms with van der Waals surface area (Å²) in [6, 6.07) is 0.947. The largest absolute Gasteiger partial charge is 0.383 e. The zero-order chi connectivity index (χ0) is 12.7. The molecular weight excluding hydrogens is 216 g/mol. The van der Waals surface area contributed by atoms with Crippen molar-refractivity contribution in [2.75, 3.05) is 46.6 Å². The molecule has 17 heavy (non-hydrogen) atoms. The Morgan fingerprint density at radius 2 is 2.18 bits per heavy atom. The highest BCUT2D eigenvalue weighted by Gasteiger charge is 2.26. The molecule has 0 aliphatic carbocycles. The molecule has 1 fully saturated rings. The van der Waals surface area contributed by atoms with E-state index in [0.29, 0.717) is 18.0 Å². The van der Waals surface area contributed by atoms with Gasteiger partial charge in [0, 0.05) is 32.3 Å². The number of nitrogens with one attached hydrogen (secondary N) is 1. The number of morpholine rings is 1. The van der Waals surface area contributed by atoms with E-state index in [1.54, 1.807) is 7.11 Å². The molecule has 0 radical (unpaired) electrons. The van der Waals surface area contributed by atoms with Gasteiger partial charge in [-0.2, -0.15) is 0 Å². The fraction of sp³-hybridized carbons (Fsp3) is 1.00. The number of methoxy groups -OCH3 is 1. The van der Waals surface area contributed by atoms with Gasteiger partial charge in [-0.05, 0) is 19.4 Å². The van der Waals surface area contributed by atoms with Gasteiger partial charge in [-0.3, -0.25) is 4.90 Å². The fourth-order valence-corrected chi connectivity index (χ4v) is 2.29. The van der Waals surface area contributed by atoms with Crippen molar-refractivity contribution < 1.29 is 9.47 Å². The molecule has 0 bridgehead atoms. The van der Waals surface area contributed by atoms with E-state index in [1.807, 2.05) is 0 Å². The van der Waals surface area contributed by atoms with Crippen LogP contribution in [0.5, 0.6) is 0 Å². The van der Waals surface area contributed by atoms with Crippen LogP contribution in [0.4, 0.5) is 0 Å². The first kappa shape index (κ1) is 14.9. The molecule has 1 heterocycles. The van der Waals surface area contributed by atoms with Gasteiger partial charge < -0.3 is 14.8 Å². The average molecular weight is 244 g/mol. The molecule has 1 N–H and O–H groups in total.